The number of hydrogen-bond donors (Lipinski definition) is 1. The number of allylic oxidation sites excluding steroid dienone is 2. The summed E-state index contributed by atoms with van der Waals surface area (Å²) < 4.78 is 0. The molecule has 0 unspecified atom stereocenters. The fraction of sp³-hybridized carbons (Fsp3) is 0.125. The first kappa shape index (κ1) is 11.2. The predicted molar refractivity (Wildman–Crippen MR) is 73.8 cm³/mol. The van der Waals surface area contributed by atoms with E-state index in [2.05, 4.69) is 6.07 Å². The highest BCUT2D eigenvalue weighted by molar-refractivity contribution is 5.90. The van der Waals surface area contributed by atoms with Gasteiger partial charge >= 0.3 is 5.97 Å². The molecule has 1 N–H and O–H groups in total. The van der Waals surface area contributed by atoms with Gasteiger partial charge in [-0.15, -0.1) is 0 Å². The van der Waals surface area contributed by atoms with Gasteiger partial charge in [0.15, 0.2) is 0 Å². The largest absolute Gasteiger partial charge is 0.478 e. The molecule has 0 aromatic heterocycles. The summed E-state index contributed by atoms with van der Waals surface area (Å²) in [5, 5.41) is 11.3. The summed E-state index contributed by atoms with van der Waals surface area (Å²) in [6.45, 7) is 0.791. The number of benzene rings is 1. The smallest absolute Gasteiger partial charge is 0.337 e. The van der Waals surface area contributed by atoms with Crippen LogP contribution < -0.4 is 10.6 Å². The Kier molecular flexibility index (Phi) is 2.21. The van der Waals surface area contributed by atoms with Crippen molar-refractivity contribution in [3.05, 3.63) is 70.2 Å². The van der Waals surface area contributed by atoms with Crippen LogP contribution in [0.2, 0.25) is 0 Å². The maximum atomic E-state index is 11.0. The Morgan fingerprint density at radius 1 is 1.25 bits per heavy atom. The van der Waals surface area contributed by atoms with Gasteiger partial charge in [0, 0.05) is 18.0 Å². The molecule has 4 rings (SSSR count). The monoisotopic (exact) mass is 264 g/mol. The fourth-order valence-corrected chi connectivity index (χ4v) is 2.91. The molecule has 0 aliphatic carbocycles. The van der Waals surface area contributed by atoms with Crippen LogP contribution in [0.4, 0.5) is 0 Å². The molecule has 1 aromatic carbocycles. The van der Waals surface area contributed by atoms with E-state index in [-0.39, 0.29) is 0 Å². The number of carboxylic acids is 1. The number of nitrogens with zero attached hydrogens (tertiary/aromatic N) is 2. The van der Waals surface area contributed by atoms with Crippen LogP contribution in [-0.4, -0.2) is 22.5 Å². The van der Waals surface area contributed by atoms with Gasteiger partial charge in [0.1, 0.15) is 0 Å². The third-order valence-corrected chi connectivity index (χ3v) is 3.86. The summed E-state index contributed by atoms with van der Waals surface area (Å²) in [5.41, 5.74) is 3.55. The Morgan fingerprint density at radius 2 is 2.10 bits per heavy atom. The minimum atomic E-state index is -0.897. The molecule has 0 saturated heterocycles. The second kappa shape index (κ2) is 3.93. The van der Waals surface area contributed by atoms with Crippen LogP contribution in [0.5, 0.6) is 0 Å². The third kappa shape index (κ3) is 1.48. The van der Waals surface area contributed by atoms with E-state index in [1.54, 1.807) is 12.3 Å². The SMILES string of the molecule is O=C(O)C1=CN2CCC3=c4ccccc4=NC3=C2C=C1. The highest BCUT2D eigenvalue weighted by atomic mass is 16.4. The Hall–Kier alpha value is -2.62. The van der Waals surface area contributed by atoms with E-state index >= 15 is 0 Å². The van der Waals surface area contributed by atoms with Crippen molar-refractivity contribution in [3.63, 3.8) is 0 Å². The molecular formula is C16H12N2O2. The standard InChI is InChI=1S/C16H12N2O2/c19-16(20)10-5-6-14-15-12(7-8-18(14)9-10)11-3-1-2-4-13(11)17-15/h1-6,9H,7-8H2,(H,19,20). The molecule has 20 heavy (non-hydrogen) atoms. The first-order valence-corrected chi connectivity index (χ1v) is 6.55. The van der Waals surface area contributed by atoms with E-state index in [4.69, 9.17) is 10.1 Å². The van der Waals surface area contributed by atoms with Gasteiger partial charge in [-0.1, -0.05) is 18.2 Å². The summed E-state index contributed by atoms with van der Waals surface area (Å²) in [4.78, 5) is 17.7. The van der Waals surface area contributed by atoms with Gasteiger partial charge in [-0.05, 0) is 30.2 Å². The quantitative estimate of drug-likeness (QED) is 0.821. The van der Waals surface area contributed by atoms with Crippen molar-refractivity contribution in [2.75, 3.05) is 6.54 Å². The van der Waals surface area contributed by atoms with Crippen LogP contribution in [0.15, 0.2) is 64.6 Å². The second-order valence-corrected chi connectivity index (χ2v) is 5.01. The summed E-state index contributed by atoms with van der Waals surface area (Å²) in [5.74, 6) is -0.897. The van der Waals surface area contributed by atoms with E-state index in [0.29, 0.717) is 5.57 Å². The zero-order chi connectivity index (χ0) is 13.7. The minimum Gasteiger partial charge on any atom is -0.478 e. The van der Waals surface area contributed by atoms with Crippen LogP contribution >= 0.6 is 0 Å². The van der Waals surface area contributed by atoms with Crippen molar-refractivity contribution in [1.29, 1.82) is 0 Å². The lowest BCUT2D eigenvalue weighted by molar-refractivity contribution is -0.132. The number of carboxylic acid groups (broad SMARTS) is 1. The summed E-state index contributed by atoms with van der Waals surface area (Å²) >= 11 is 0. The van der Waals surface area contributed by atoms with Crippen molar-refractivity contribution in [3.8, 4) is 0 Å². The molecule has 0 saturated carbocycles. The average molecular weight is 264 g/mol. The fourth-order valence-electron chi connectivity index (χ4n) is 2.91. The Balaban J connectivity index is 1.92. The molecule has 0 bridgehead atoms. The number of fused-ring (bicyclic) bond motifs is 3. The summed E-state index contributed by atoms with van der Waals surface area (Å²) in [6.07, 6.45) is 6.08. The van der Waals surface area contributed by atoms with E-state index in [1.807, 2.05) is 29.2 Å². The van der Waals surface area contributed by atoms with E-state index < -0.39 is 5.97 Å². The molecule has 3 aliphatic rings. The molecule has 3 aliphatic heterocycles. The van der Waals surface area contributed by atoms with Crippen molar-refractivity contribution < 1.29 is 9.90 Å². The Bertz CT molecular complexity index is 843. The molecule has 98 valence electrons. The lowest BCUT2D eigenvalue weighted by Gasteiger charge is -2.30. The second-order valence-electron chi connectivity index (χ2n) is 5.01. The lowest BCUT2D eigenvalue weighted by Crippen LogP contribution is -2.28. The van der Waals surface area contributed by atoms with Gasteiger partial charge in [-0.25, -0.2) is 9.79 Å². The van der Waals surface area contributed by atoms with Crippen LogP contribution in [0.1, 0.15) is 6.42 Å². The van der Waals surface area contributed by atoms with Crippen molar-refractivity contribution >= 4 is 11.5 Å². The lowest BCUT2D eigenvalue weighted by atomic mass is 9.99. The van der Waals surface area contributed by atoms with Crippen molar-refractivity contribution in [2.45, 2.75) is 6.42 Å². The highest BCUT2D eigenvalue weighted by Crippen LogP contribution is 2.33. The van der Waals surface area contributed by atoms with Crippen LogP contribution in [0, 0.1) is 0 Å². The van der Waals surface area contributed by atoms with Crippen LogP contribution in [-0.2, 0) is 4.79 Å². The van der Waals surface area contributed by atoms with E-state index in [9.17, 15) is 4.79 Å². The average Bonchev–Trinajstić information content (AvgIpc) is 2.85. The number of para-hydroxylation sites is 1. The summed E-state index contributed by atoms with van der Waals surface area (Å²) in [6, 6.07) is 8.13. The zero-order valence-corrected chi connectivity index (χ0v) is 10.7. The normalized spacial score (nSPS) is 19.1. The van der Waals surface area contributed by atoms with Gasteiger partial charge in [-0.2, -0.15) is 0 Å². The van der Waals surface area contributed by atoms with Gasteiger partial charge in [-0.3, -0.25) is 0 Å². The molecule has 0 spiro atoms. The minimum absolute atomic E-state index is 0.313. The third-order valence-electron chi connectivity index (χ3n) is 3.86. The molecule has 3 heterocycles. The van der Waals surface area contributed by atoms with Gasteiger partial charge in [0.25, 0.3) is 0 Å². The molecular weight excluding hydrogens is 252 g/mol. The maximum Gasteiger partial charge on any atom is 0.337 e. The predicted octanol–water partition coefficient (Wildman–Crippen LogP) is 0.926. The molecule has 4 nitrogen and oxygen atoms in total. The van der Waals surface area contributed by atoms with E-state index in [0.717, 1.165) is 29.7 Å². The molecule has 0 atom stereocenters. The number of carbonyl (C=O) groups is 1. The number of aliphatic carboxylic acids is 1. The first-order valence-electron chi connectivity index (χ1n) is 6.55. The van der Waals surface area contributed by atoms with Crippen molar-refractivity contribution in [1.82, 2.24) is 4.90 Å². The van der Waals surface area contributed by atoms with Gasteiger partial charge in [0.2, 0.25) is 0 Å². The maximum absolute atomic E-state index is 11.0. The van der Waals surface area contributed by atoms with Gasteiger partial charge in [0.05, 0.1) is 22.3 Å². The van der Waals surface area contributed by atoms with Crippen LogP contribution in [0.25, 0.3) is 5.57 Å². The number of hydrogen-bond acceptors (Lipinski definition) is 3. The molecule has 0 amide bonds. The summed E-state index contributed by atoms with van der Waals surface area (Å²) in [7, 11) is 0. The Morgan fingerprint density at radius 3 is 2.95 bits per heavy atom. The van der Waals surface area contributed by atoms with Crippen molar-refractivity contribution in [2.24, 2.45) is 4.99 Å². The number of rotatable bonds is 1. The van der Waals surface area contributed by atoms with E-state index in [1.165, 1.54) is 10.8 Å². The zero-order valence-electron chi connectivity index (χ0n) is 10.7. The van der Waals surface area contributed by atoms with Gasteiger partial charge < -0.3 is 10.0 Å². The molecule has 0 radical (unpaired) electrons. The molecule has 0 fully saturated rings. The Labute approximate surface area is 115 Å². The van der Waals surface area contributed by atoms with Crippen LogP contribution in [0.3, 0.4) is 0 Å². The molecule has 1 aromatic rings. The first-order chi connectivity index (χ1) is 9.74. The molecule has 4 heteroatoms. The highest BCUT2D eigenvalue weighted by Gasteiger charge is 2.26. The topological polar surface area (TPSA) is 52.9 Å².